The number of aromatic carboxylic acids is 1. The molecule has 0 saturated carbocycles. The summed E-state index contributed by atoms with van der Waals surface area (Å²) in [6.07, 6.45) is 2.57. The summed E-state index contributed by atoms with van der Waals surface area (Å²) < 4.78 is 6.30. The Morgan fingerprint density at radius 3 is 3.05 bits per heavy atom. The summed E-state index contributed by atoms with van der Waals surface area (Å²) in [4.78, 5) is 28.4. The second-order valence-electron chi connectivity index (χ2n) is 3.71. The minimum atomic E-state index is -1.14. The van der Waals surface area contributed by atoms with Crippen LogP contribution in [0.3, 0.4) is 0 Å². The highest BCUT2D eigenvalue weighted by Crippen LogP contribution is 2.13. The van der Waals surface area contributed by atoms with E-state index < -0.39 is 5.97 Å². The summed E-state index contributed by atoms with van der Waals surface area (Å²) in [5.74, 6) is -0.755. The molecule has 10 heteroatoms. The fraction of sp³-hybridized carbons (Fsp3) is 0.300. The molecular weight excluding hydrogens is 268 g/mol. The molecule has 0 fully saturated rings. The minimum Gasteiger partial charge on any atom is -0.489 e. The molecule has 10 nitrogen and oxygen atoms in total. The summed E-state index contributed by atoms with van der Waals surface area (Å²) >= 11 is 0. The number of nitrogens with zero attached hydrogens (tertiary/aromatic N) is 4. The van der Waals surface area contributed by atoms with Gasteiger partial charge >= 0.3 is 5.97 Å². The number of anilines is 1. The van der Waals surface area contributed by atoms with Crippen LogP contribution in [0.5, 0.6) is 5.75 Å². The van der Waals surface area contributed by atoms with Gasteiger partial charge in [0.2, 0.25) is 5.75 Å². The Labute approximate surface area is 112 Å². The van der Waals surface area contributed by atoms with E-state index in [1.54, 1.807) is 0 Å². The lowest BCUT2D eigenvalue weighted by atomic mass is 10.4. The van der Waals surface area contributed by atoms with Crippen molar-refractivity contribution in [1.29, 1.82) is 0 Å². The van der Waals surface area contributed by atoms with Gasteiger partial charge in [0.05, 0.1) is 26.2 Å². The highest BCUT2D eigenvalue weighted by atomic mass is 16.5. The number of methoxy groups -OCH3 is 1. The second-order valence-corrected chi connectivity index (χ2v) is 3.71. The molecule has 2 rings (SSSR count). The number of carboxylic acids is 1. The number of hydrogen-bond donors (Lipinski definition) is 3. The number of hydrogen-bond acceptors (Lipinski definition) is 7. The van der Waals surface area contributed by atoms with Crippen molar-refractivity contribution < 1.29 is 14.6 Å². The third-order valence-corrected chi connectivity index (χ3v) is 2.41. The number of H-pyrrole nitrogens is 1. The second kappa shape index (κ2) is 5.82. The van der Waals surface area contributed by atoms with E-state index in [0.29, 0.717) is 18.9 Å². The molecule has 0 amide bonds. The van der Waals surface area contributed by atoms with Gasteiger partial charge < -0.3 is 20.1 Å². The average molecular weight is 280 g/mol. The first-order chi connectivity index (χ1) is 9.61. The van der Waals surface area contributed by atoms with Crippen LogP contribution in [-0.4, -0.2) is 49.7 Å². The summed E-state index contributed by atoms with van der Waals surface area (Å²) in [7, 11) is 1.37. The zero-order valence-corrected chi connectivity index (χ0v) is 10.5. The van der Waals surface area contributed by atoms with Crippen LogP contribution in [0.1, 0.15) is 10.5 Å². The standard InChI is InChI=1S/C10H12N6O4/c1-20-7-8(12-5-13-9(7)17)11-2-3-16-4-6(10(18)19)14-15-16/h4-5H,2-3H2,1H3,(H,18,19)(H2,11,12,13,17). The van der Waals surface area contributed by atoms with Crippen LogP contribution in [-0.2, 0) is 6.54 Å². The monoisotopic (exact) mass is 280 g/mol. The molecule has 2 heterocycles. The molecule has 0 saturated heterocycles. The van der Waals surface area contributed by atoms with Crippen molar-refractivity contribution in [2.75, 3.05) is 19.0 Å². The van der Waals surface area contributed by atoms with Crippen LogP contribution in [0.4, 0.5) is 5.82 Å². The Morgan fingerprint density at radius 2 is 2.40 bits per heavy atom. The number of ether oxygens (including phenoxy) is 1. The summed E-state index contributed by atoms with van der Waals surface area (Å²) in [6, 6.07) is 0. The third-order valence-electron chi connectivity index (χ3n) is 2.41. The van der Waals surface area contributed by atoms with Crippen LogP contribution in [0.15, 0.2) is 17.3 Å². The predicted octanol–water partition coefficient (Wildman–Crippen LogP) is -0.820. The molecule has 0 aromatic carbocycles. The number of carboxylic acid groups (broad SMARTS) is 1. The SMILES string of the molecule is COc1c(NCCn2cc(C(=O)O)nn2)nc[nH]c1=O. The number of aromatic nitrogens is 5. The predicted molar refractivity (Wildman–Crippen MR) is 66.9 cm³/mol. The first-order valence-electron chi connectivity index (χ1n) is 5.60. The van der Waals surface area contributed by atoms with E-state index in [4.69, 9.17) is 9.84 Å². The number of rotatable bonds is 6. The highest BCUT2D eigenvalue weighted by Gasteiger charge is 2.10. The first-order valence-corrected chi connectivity index (χ1v) is 5.60. The summed E-state index contributed by atoms with van der Waals surface area (Å²) in [5, 5.41) is 18.7. The smallest absolute Gasteiger partial charge is 0.358 e. The van der Waals surface area contributed by atoms with Crippen LogP contribution in [0.25, 0.3) is 0 Å². The van der Waals surface area contributed by atoms with Crippen molar-refractivity contribution in [3.05, 3.63) is 28.6 Å². The lowest BCUT2D eigenvalue weighted by molar-refractivity contribution is 0.0690. The molecule has 0 unspecified atom stereocenters. The average Bonchev–Trinajstić information content (AvgIpc) is 2.88. The van der Waals surface area contributed by atoms with Gasteiger partial charge in [0.15, 0.2) is 11.5 Å². The Balaban J connectivity index is 1.97. The van der Waals surface area contributed by atoms with Crippen LogP contribution in [0, 0.1) is 0 Å². The first kappa shape index (κ1) is 13.5. The van der Waals surface area contributed by atoms with Gasteiger partial charge in [-0.1, -0.05) is 5.21 Å². The van der Waals surface area contributed by atoms with Crippen LogP contribution >= 0.6 is 0 Å². The lowest BCUT2D eigenvalue weighted by Gasteiger charge is -2.08. The third kappa shape index (κ3) is 2.91. The Kier molecular flexibility index (Phi) is 3.93. The van der Waals surface area contributed by atoms with Gasteiger partial charge in [0.1, 0.15) is 0 Å². The van der Waals surface area contributed by atoms with E-state index in [1.807, 2.05) is 0 Å². The lowest BCUT2D eigenvalue weighted by Crippen LogP contribution is -2.17. The maximum absolute atomic E-state index is 11.4. The molecule has 3 N–H and O–H groups in total. The number of aromatic amines is 1. The molecule has 0 radical (unpaired) electrons. The molecule has 0 atom stereocenters. The molecule has 106 valence electrons. The molecular formula is C10H12N6O4. The minimum absolute atomic E-state index is 0.0808. The Morgan fingerprint density at radius 1 is 1.60 bits per heavy atom. The molecule has 2 aromatic heterocycles. The van der Waals surface area contributed by atoms with Gasteiger partial charge in [0, 0.05) is 6.54 Å². The molecule has 0 spiro atoms. The van der Waals surface area contributed by atoms with Crippen molar-refractivity contribution in [3.63, 3.8) is 0 Å². The quantitative estimate of drug-likeness (QED) is 0.624. The normalized spacial score (nSPS) is 10.2. The van der Waals surface area contributed by atoms with Crippen molar-refractivity contribution in [3.8, 4) is 5.75 Å². The van der Waals surface area contributed by atoms with E-state index >= 15 is 0 Å². The molecule has 2 aromatic rings. The fourth-order valence-electron chi connectivity index (χ4n) is 1.50. The topological polar surface area (TPSA) is 135 Å². The molecule has 0 aliphatic carbocycles. The maximum atomic E-state index is 11.4. The largest absolute Gasteiger partial charge is 0.489 e. The Hall–Kier alpha value is -2.91. The fourth-order valence-corrected chi connectivity index (χ4v) is 1.50. The molecule has 0 bridgehead atoms. The van der Waals surface area contributed by atoms with Crippen molar-refractivity contribution in [2.24, 2.45) is 0 Å². The van der Waals surface area contributed by atoms with Gasteiger partial charge in [-0.2, -0.15) is 0 Å². The van der Waals surface area contributed by atoms with Gasteiger partial charge in [-0.15, -0.1) is 5.10 Å². The molecule has 0 aliphatic heterocycles. The van der Waals surface area contributed by atoms with Crippen LogP contribution < -0.4 is 15.6 Å². The van der Waals surface area contributed by atoms with Crippen molar-refractivity contribution in [2.45, 2.75) is 6.54 Å². The number of carbonyl (C=O) groups is 1. The Bertz CT molecular complexity index is 664. The van der Waals surface area contributed by atoms with Gasteiger partial charge in [-0.05, 0) is 0 Å². The summed E-state index contributed by atoms with van der Waals surface area (Å²) in [6.45, 7) is 0.729. The molecule has 20 heavy (non-hydrogen) atoms. The molecule has 0 aliphatic rings. The van der Waals surface area contributed by atoms with E-state index in [0.717, 1.165) is 0 Å². The van der Waals surface area contributed by atoms with E-state index in [-0.39, 0.29) is 17.0 Å². The van der Waals surface area contributed by atoms with E-state index in [2.05, 4.69) is 25.6 Å². The van der Waals surface area contributed by atoms with Crippen molar-refractivity contribution >= 4 is 11.8 Å². The summed E-state index contributed by atoms with van der Waals surface area (Å²) in [5.41, 5.74) is -0.518. The van der Waals surface area contributed by atoms with Crippen LogP contribution in [0.2, 0.25) is 0 Å². The van der Waals surface area contributed by atoms with E-state index in [1.165, 1.54) is 24.3 Å². The zero-order chi connectivity index (χ0) is 14.5. The maximum Gasteiger partial charge on any atom is 0.358 e. The van der Waals surface area contributed by atoms with Gasteiger partial charge in [0.25, 0.3) is 5.56 Å². The van der Waals surface area contributed by atoms with Crippen molar-refractivity contribution in [1.82, 2.24) is 25.0 Å². The highest BCUT2D eigenvalue weighted by molar-refractivity contribution is 5.84. The zero-order valence-electron chi connectivity index (χ0n) is 10.5. The van der Waals surface area contributed by atoms with Gasteiger partial charge in [-0.3, -0.25) is 4.79 Å². The van der Waals surface area contributed by atoms with E-state index in [9.17, 15) is 9.59 Å². The number of nitrogens with one attached hydrogen (secondary N) is 2. The van der Waals surface area contributed by atoms with Gasteiger partial charge in [-0.25, -0.2) is 14.5 Å².